The molecular weight excluding hydrogens is 308 g/mol. The minimum atomic E-state index is -3.33. The summed E-state index contributed by atoms with van der Waals surface area (Å²) in [7, 11) is -3.33. The number of sulfonamides is 1. The second kappa shape index (κ2) is 7.32. The van der Waals surface area contributed by atoms with Crippen molar-refractivity contribution in [2.45, 2.75) is 56.4 Å². The molecule has 2 saturated heterocycles. The molecule has 0 amide bonds. The van der Waals surface area contributed by atoms with Crippen molar-refractivity contribution in [1.29, 1.82) is 0 Å². The second-order valence-corrected chi connectivity index (χ2v) is 8.84. The zero-order valence-corrected chi connectivity index (χ0v) is 14.9. The van der Waals surface area contributed by atoms with Crippen LogP contribution in [0.4, 0.5) is 0 Å². The van der Waals surface area contributed by atoms with E-state index in [1.807, 2.05) is 19.1 Å². The van der Waals surface area contributed by atoms with Crippen LogP contribution in [0.25, 0.3) is 0 Å². The zero-order valence-electron chi connectivity index (χ0n) is 14.1. The molecule has 2 aliphatic heterocycles. The summed E-state index contributed by atoms with van der Waals surface area (Å²) in [6.45, 7) is 5.62. The monoisotopic (exact) mass is 336 g/mol. The summed E-state index contributed by atoms with van der Waals surface area (Å²) in [4.78, 5) is 3.04. The molecule has 2 aliphatic rings. The van der Waals surface area contributed by atoms with Gasteiger partial charge in [-0.15, -0.1) is 0 Å². The van der Waals surface area contributed by atoms with Gasteiger partial charge in [0.15, 0.2) is 0 Å². The molecule has 3 rings (SSSR count). The van der Waals surface area contributed by atoms with Crippen LogP contribution >= 0.6 is 0 Å². The van der Waals surface area contributed by atoms with Gasteiger partial charge in [-0.25, -0.2) is 8.42 Å². The Morgan fingerprint density at radius 3 is 2.22 bits per heavy atom. The summed E-state index contributed by atoms with van der Waals surface area (Å²) >= 11 is 0. The fourth-order valence-corrected chi connectivity index (χ4v) is 5.41. The van der Waals surface area contributed by atoms with Crippen molar-refractivity contribution in [1.82, 2.24) is 9.21 Å². The predicted molar refractivity (Wildman–Crippen MR) is 93.0 cm³/mol. The Morgan fingerprint density at radius 2 is 1.61 bits per heavy atom. The van der Waals surface area contributed by atoms with Crippen LogP contribution in [-0.2, 0) is 10.0 Å². The summed E-state index contributed by atoms with van der Waals surface area (Å²) in [5.41, 5.74) is 0.991. The van der Waals surface area contributed by atoms with Crippen molar-refractivity contribution in [2.75, 3.05) is 26.2 Å². The van der Waals surface area contributed by atoms with Crippen molar-refractivity contribution in [3.8, 4) is 0 Å². The molecule has 0 atom stereocenters. The first-order chi connectivity index (χ1) is 11.1. The molecule has 5 heteroatoms. The van der Waals surface area contributed by atoms with E-state index in [-0.39, 0.29) is 0 Å². The topological polar surface area (TPSA) is 40.6 Å². The third-order valence-electron chi connectivity index (χ3n) is 5.21. The summed E-state index contributed by atoms with van der Waals surface area (Å²) < 4.78 is 27.3. The van der Waals surface area contributed by atoms with Crippen LogP contribution in [0.3, 0.4) is 0 Å². The molecule has 0 N–H and O–H groups in total. The van der Waals surface area contributed by atoms with E-state index in [0.717, 1.165) is 18.4 Å². The maximum atomic E-state index is 12.8. The van der Waals surface area contributed by atoms with Crippen LogP contribution in [0.1, 0.15) is 44.1 Å². The average Bonchev–Trinajstić information content (AvgIpc) is 2.84. The van der Waals surface area contributed by atoms with Gasteiger partial charge in [-0.2, -0.15) is 4.31 Å². The van der Waals surface area contributed by atoms with Gasteiger partial charge in [0.25, 0.3) is 0 Å². The standard InChI is InChI=1S/C18H28N2O2S/c1-16-7-6-8-18(15-16)23(21,22)20-13-9-17(10-14-20)19-11-4-2-3-5-12-19/h6-8,15,17H,2-5,9-14H2,1H3. The molecule has 0 radical (unpaired) electrons. The first kappa shape index (κ1) is 16.9. The molecule has 2 heterocycles. The Balaban J connectivity index is 1.64. The van der Waals surface area contributed by atoms with E-state index in [2.05, 4.69) is 4.90 Å². The van der Waals surface area contributed by atoms with Gasteiger partial charge >= 0.3 is 0 Å². The van der Waals surface area contributed by atoms with E-state index in [0.29, 0.717) is 24.0 Å². The fraction of sp³-hybridized carbons (Fsp3) is 0.667. The molecule has 1 aromatic carbocycles. The summed E-state index contributed by atoms with van der Waals surface area (Å²) in [6.07, 6.45) is 7.20. The van der Waals surface area contributed by atoms with E-state index in [9.17, 15) is 8.42 Å². The molecule has 0 spiro atoms. The second-order valence-electron chi connectivity index (χ2n) is 6.90. The quantitative estimate of drug-likeness (QED) is 0.852. The number of rotatable bonds is 3. The van der Waals surface area contributed by atoms with Crippen molar-refractivity contribution in [2.24, 2.45) is 0 Å². The van der Waals surface area contributed by atoms with Gasteiger partial charge in [0.1, 0.15) is 0 Å². The lowest BCUT2D eigenvalue weighted by Crippen LogP contribution is -2.47. The molecule has 0 unspecified atom stereocenters. The van der Waals surface area contributed by atoms with Gasteiger partial charge in [-0.3, -0.25) is 0 Å². The highest BCUT2D eigenvalue weighted by Gasteiger charge is 2.31. The summed E-state index contributed by atoms with van der Waals surface area (Å²) in [5, 5.41) is 0. The number of likely N-dealkylation sites (tertiary alicyclic amines) is 1. The molecule has 2 fully saturated rings. The Labute approximate surface area is 140 Å². The minimum absolute atomic E-state index is 0.436. The lowest BCUT2D eigenvalue weighted by atomic mass is 10.0. The van der Waals surface area contributed by atoms with Crippen LogP contribution in [0, 0.1) is 6.92 Å². The lowest BCUT2D eigenvalue weighted by Gasteiger charge is -2.37. The number of piperidine rings is 1. The largest absolute Gasteiger partial charge is 0.300 e. The average molecular weight is 337 g/mol. The van der Waals surface area contributed by atoms with Crippen molar-refractivity contribution < 1.29 is 8.42 Å². The van der Waals surface area contributed by atoms with Crippen molar-refractivity contribution in [3.63, 3.8) is 0 Å². The number of aryl methyl sites for hydroxylation is 1. The number of nitrogens with zero attached hydrogens (tertiary/aromatic N) is 2. The Kier molecular flexibility index (Phi) is 5.39. The van der Waals surface area contributed by atoms with Crippen LogP contribution in [-0.4, -0.2) is 49.8 Å². The highest BCUT2D eigenvalue weighted by molar-refractivity contribution is 7.89. The molecular formula is C18H28N2O2S. The molecule has 23 heavy (non-hydrogen) atoms. The van der Waals surface area contributed by atoms with E-state index in [1.165, 1.54) is 38.8 Å². The predicted octanol–water partition coefficient (Wildman–Crippen LogP) is 3.02. The molecule has 0 aromatic heterocycles. The van der Waals surface area contributed by atoms with Crippen LogP contribution in [0.15, 0.2) is 29.2 Å². The van der Waals surface area contributed by atoms with Gasteiger partial charge in [0.05, 0.1) is 4.90 Å². The zero-order chi connectivity index (χ0) is 16.3. The van der Waals surface area contributed by atoms with E-state index in [4.69, 9.17) is 0 Å². The van der Waals surface area contributed by atoms with Gasteiger partial charge in [0, 0.05) is 19.1 Å². The van der Waals surface area contributed by atoms with Crippen molar-refractivity contribution >= 4 is 10.0 Å². The maximum Gasteiger partial charge on any atom is 0.243 e. The maximum absolute atomic E-state index is 12.8. The highest BCUT2D eigenvalue weighted by atomic mass is 32.2. The summed E-state index contributed by atoms with van der Waals surface area (Å²) in [5.74, 6) is 0. The fourth-order valence-electron chi connectivity index (χ4n) is 3.83. The van der Waals surface area contributed by atoms with Gasteiger partial charge in [-0.1, -0.05) is 25.0 Å². The van der Waals surface area contributed by atoms with E-state index < -0.39 is 10.0 Å². The molecule has 1 aromatic rings. The first-order valence-corrected chi connectivity index (χ1v) is 10.3. The Bertz CT molecular complexity index is 614. The smallest absolute Gasteiger partial charge is 0.243 e. The molecule has 4 nitrogen and oxygen atoms in total. The van der Waals surface area contributed by atoms with Gasteiger partial charge in [0.2, 0.25) is 10.0 Å². The number of hydrogen-bond acceptors (Lipinski definition) is 3. The first-order valence-electron chi connectivity index (χ1n) is 8.88. The third-order valence-corrected chi connectivity index (χ3v) is 7.10. The van der Waals surface area contributed by atoms with Crippen LogP contribution in [0.5, 0.6) is 0 Å². The normalized spacial score (nSPS) is 22.8. The van der Waals surface area contributed by atoms with Gasteiger partial charge < -0.3 is 4.90 Å². The SMILES string of the molecule is Cc1cccc(S(=O)(=O)N2CCC(N3CCCCCC3)CC2)c1. The highest BCUT2D eigenvalue weighted by Crippen LogP contribution is 2.25. The van der Waals surface area contributed by atoms with Crippen molar-refractivity contribution in [3.05, 3.63) is 29.8 Å². The van der Waals surface area contributed by atoms with Crippen LogP contribution < -0.4 is 0 Å². The number of hydrogen-bond donors (Lipinski definition) is 0. The van der Waals surface area contributed by atoms with Gasteiger partial charge in [-0.05, 0) is 63.4 Å². The van der Waals surface area contributed by atoms with E-state index >= 15 is 0 Å². The van der Waals surface area contributed by atoms with E-state index in [1.54, 1.807) is 16.4 Å². The third kappa shape index (κ3) is 3.95. The molecule has 0 aliphatic carbocycles. The summed E-state index contributed by atoms with van der Waals surface area (Å²) in [6, 6.07) is 7.81. The van der Waals surface area contributed by atoms with Crippen LogP contribution in [0.2, 0.25) is 0 Å². The minimum Gasteiger partial charge on any atom is -0.300 e. The lowest BCUT2D eigenvalue weighted by molar-refractivity contribution is 0.144. The number of benzene rings is 1. The molecule has 0 saturated carbocycles. The molecule has 128 valence electrons. The Morgan fingerprint density at radius 1 is 0.957 bits per heavy atom. The Hall–Kier alpha value is -0.910. The molecule has 0 bridgehead atoms.